The standard InChI is InChI=1S/C12H16N6/c1-2-6-14-11(3-1)18-12(15-16-17-18)9-10-4-7-13-8-5-10/h1-3,6,10,13H,4-5,7-9H2. The van der Waals surface area contributed by atoms with Gasteiger partial charge in [0, 0.05) is 12.6 Å². The Balaban J connectivity index is 1.79. The van der Waals surface area contributed by atoms with E-state index in [1.165, 1.54) is 12.8 Å². The van der Waals surface area contributed by atoms with Gasteiger partial charge < -0.3 is 5.32 Å². The van der Waals surface area contributed by atoms with Crippen molar-refractivity contribution in [3.8, 4) is 5.82 Å². The van der Waals surface area contributed by atoms with Crippen LogP contribution in [-0.4, -0.2) is 38.3 Å². The maximum Gasteiger partial charge on any atom is 0.158 e. The molecule has 6 heteroatoms. The van der Waals surface area contributed by atoms with Gasteiger partial charge in [-0.25, -0.2) is 4.98 Å². The maximum atomic E-state index is 4.28. The molecule has 1 aliphatic rings. The molecule has 1 fully saturated rings. The highest BCUT2D eigenvalue weighted by atomic mass is 15.6. The third kappa shape index (κ3) is 2.38. The number of piperidine rings is 1. The number of rotatable bonds is 3. The van der Waals surface area contributed by atoms with Crippen LogP contribution in [0.3, 0.4) is 0 Å². The fraction of sp³-hybridized carbons (Fsp3) is 0.500. The van der Waals surface area contributed by atoms with Gasteiger partial charge in [0.25, 0.3) is 0 Å². The Morgan fingerprint density at radius 1 is 1.28 bits per heavy atom. The van der Waals surface area contributed by atoms with Gasteiger partial charge in [-0.05, 0) is 54.4 Å². The quantitative estimate of drug-likeness (QED) is 0.856. The van der Waals surface area contributed by atoms with Gasteiger partial charge in [0.2, 0.25) is 0 Å². The van der Waals surface area contributed by atoms with Crippen molar-refractivity contribution in [2.24, 2.45) is 5.92 Å². The lowest BCUT2D eigenvalue weighted by molar-refractivity contribution is 0.365. The van der Waals surface area contributed by atoms with E-state index in [2.05, 4.69) is 25.8 Å². The highest BCUT2D eigenvalue weighted by Crippen LogP contribution is 2.17. The Morgan fingerprint density at radius 2 is 2.17 bits per heavy atom. The molecule has 0 amide bonds. The SMILES string of the molecule is c1ccc(-n2nnnc2CC2CCNCC2)nc1. The minimum Gasteiger partial charge on any atom is -0.317 e. The first-order valence-electron chi connectivity index (χ1n) is 6.33. The van der Waals surface area contributed by atoms with E-state index in [9.17, 15) is 0 Å². The van der Waals surface area contributed by atoms with Crippen molar-refractivity contribution in [3.63, 3.8) is 0 Å². The Labute approximate surface area is 105 Å². The van der Waals surface area contributed by atoms with Crippen LogP contribution >= 0.6 is 0 Å². The molecule has 1 N–H and O–H groups in total. The van der Waals surface area contributed by atoms with Gasteiger partial charge >= 0.3 is 0 Å². The summed E-state index contributed by atoms with van der Waals surface area (Å²) in [5, 5.41) is 15.3. The number of pyridine rings is 1. The normalized spacial score (nSPS) is 16.9. The van der Waals surface area contributed by atoms with E-state index in [-0.39, 0.29) is 0 Å². The van der Waals surface area contributed by atoms with Crippen LogP contribution in [-0.2, 0) is 6.42 Å². The second-order valence-corrected chi connectivity index (χ2v) is 4.59. The predicted molar refractivity (Wildman–Crippen MR) is 66.2 cm³/mol. The summed E-state index contributed by atoms with van der Waals surface area (Å²) in [6.07, 6.45) is 5.06. The second-order valence-electron chi connectivity index (χ2n) is 4.59. The number of aromatic nitrogens is 5. The minimum absolute atomic E-state index is 0.666. The number of nitrogens with one attached hydrogen (secondary N) is 1. The fourth-order valence-electron chi connectivity index (χ4n) is 2.33. The van der Waals surface area contributed by atoms with Crippen molar-refractivity contribution in [3.05, 3.63) is 30.2 Å². The first-order valence-corrected chi connectivity index (χ1v) is 6.33. The zero-order valence-electron chi connectivity index (χ0n) is 10.2. The number of hydrogen-bond donors (Lipinski definition) is 1. The molecule has 2 aromatic heterocycles. The molecule has 0 aromatic carbocycles. The Hall–Kier alpha value is -1.82. The molecule has 18 heavy (non-hydrogen) atoms. The molecule has 1 saturated heterocycles. The zero-order chi connectivity index (χ0) is 12.2. The number of hydrogen-bond acceptors (Lipinski definition) is 5. The third-order valence-electron chi connectivity index (χ3n) is 3.33. The molecular formula is C12H16N6. The summed E-state index contributed by atoms with van der Waals surface area (Å²) < 4.78 is 1.74. The van der Waals surface area contributed by atoms with Crippen LogP contribution in [0, 0.1) is 5.92 Å². The molecule has 0 atom stereocenters. The minimum atomic E-state index is 0.666. The largest absolute Gasteiger partial charge is 0.317 e. The third-order valence-corrected chi connectivity index (χ3v) is 3.33. The summed E-state index contributed by atoms with van der Waals surface area (Å²) in [4.78, 5) is 4.28. The van der Waals surface area contributed by atoms with E-state index in [0.717, 1.165) is 31.2 Å². The van der Waals surface area contributed by atoms with E-state index in [4.69, 9.17) is 0 Å². The zero-order valence-corrected chi connectivity index (χ0v) is 10.2. The van der Waals surface area contributed by atoms with Crippen LogP contribution in [0.5, 0.6) is 0 Å². The Morgan fingerprint density at radius 3 is 2.94 bits per heavy atom. The lowest BCUT2D eigenvalue weighted by Crippen LogP contribution is -2.29. The maximum absolute atomic E-state index is 4.28. The van der Waals surface area contributed by atoms with Crippen LogP contribution in [0.25, 0.3) is 5.82 Å². The smallest absolute Gasteiger partial charge is 0.158 e. The molecule has 0 radical (unpaired) electrons. The lowest BCUT2D eigenvalue weighted by Gasteiger charge is -2.21. The van der Waals surface area contributed by atoms with E-state index in [0.29, 0.717) is 5.92 Å². The van der Waals surface area contributed by atoms with Crippen molar-refractivity contribution in [1.29, 1.82) is 0 Å². The first-order chi connectivity index (χ1) is 8.93. The number of tetrazole rings is 1. The van der Waals surface area contributed by atoms with Crippen LogP contribution in [0.2, 0.25) is 0 Å². The van der Waals surface area contributed by atoms with Crippen molar-refractivity contribution < 1.29 is 0 Å². The first kappa shape index (κ1) is 11.3. The molecule has 0 saturated carbocycles. The van der Waals surface area contributed by atoms with Crippen molar-refractivity contribution in [2.45, 2.75) is 19.3 Å². The summed E-state index contributed by atoms with van der Waals surface area (Å²) in [5.41, 5.74) is 0. The molecule has 3 rings (SSSR count). The van der Waals surface area contributed by atoms with Crippen molar-refractivity contribution >= 4 is 0 Å². The topological polar surface area (TPSA) is 68.5 Å². The highest BCUT2D eigenvalue weighted by Gasteiger charge is 2.18. The van der Waals surface area contributed by atoms with Crippen LogP contribution in [0.4, 0.5) is 0 Å². The summed E-state index contributed by atoms with van der Waals surface area (Å²) >= 11 is 0. The Kier molecular flexibility index (Phi) is 3.27. The van der Waals surface area contributed by atoms with Crippen LogP contribution in [0.1, 0.15) is 18.7 Å². The van der Waals surface area contributed by atoms with Gasteiger partial charge in [-0.15, -0.1) is 5.10 Å². The van der Waals surface area contributed by atoms with Gasteiger partial charge in [0.15, 0.2) is 11.6 Å². The van der Waals surface area contributed by atoms with Gasteiger partial charge in [-0.2, -0.15) is 4.68 Å². The lowest BCUT2D eigenvalue weighted by atomic mass is 9.94. The van der Waals surface area contributed by atoms with E-state index in [1.54, 1.807) is 10.9 Å². The predicted octanol–water partition coefficient (Wildman–Crippen LogP) is 0.599. The fourth-order valence-corrected chi connectivity index (χ4v) is 2.33. The van der Waals surface area contributed by atoms with Gasteiger partial charge in [0.05, 0.1) is 0 Å². The monoisotopic (exact) mass is 244 g/mol. The molecular weight excluding hydrogens is 228 g/mol. The number of nitrogens with zero attached hydrogens (tertiary/aromatic N) is 5. The van der Waals surface area contributed by atoms with Gasteiger partial charge in [-0.1, -0.05) is 6.07 Å². The summed E-state index contributed by atoms with van der Waals surface area (Å²) in [6, 6.07) is 5.75. The summed E-state index contributed by atoms with van der Waals surface area (Å²) in [7, 11) is 0. The molecule has 0 spiro atoms. The van der Waals surface area contributed by atoms with Crippen LogP contribution < -0.4 is 5.32 Å². The van der Waals surface area contributed by atoms with Gasteiger partial charge in [0.1, 0.15) is 0 Å². The molecule has 0 aliphatic carbocycles. The molecule has 0 bridgehead atoms. The summed E-state index contributed by atoms with van der Waals surface area (Å²) in [5.74, 6) is 2.35. The average Bonchev–Trinajstić information content (AvgIpc) is 2.89. The van der Waals surface area contributed by atoms with E-state index < -0.39 is 0 Å². The molecule has 6 nitrogen and oxygen atoms in total. The molecule has 3 heterocycles. The van der Waals surface area contributed by atoms with Gasteiger partial charge in [-0.3, -0.25) is 0 Å². The second kappa shape index (κ2) is 5.22. The summed E-state index contributed by atoms with van der Waals surface area (Å²) in [6.45, 7) is 2.19. The molecule has 94 valence electrons. The molecule has 1 aliphatic heterocycles. The van der Waals surface area contributed by atoms with Crippen molar-refractivity contribution in [1.82, 2.24) is 30.5 Å². The Bertz CT molecular complexity index is 488. The molecule has 0 unspecified atom stereocenters. The van der Waals surface area contributed by atoms with Crippen LogP contribution in [0.15, 0.2) is 24.4 Å². The molecule has 2 aromatic rings. The average molecular weight is 244 g/mol. The van der Waals surface area contributed by atoms with Crippen molar-refractivity contribution in [2.75, 3.05) is 13.1 Å². The highest BCUT2D eigenvalue weighted by molar-refractivity contribution is 5.20. The van der Waals surface area contributed by atoms with E-state index in [1.807, 2.05) is 18.2 Å². The van der Waals surface area contributed by atoms with E-state index >= 15 is 0 Å².